The number of fused-ring (bicyclic) bond motifs is 1. The van der Waals surface area contributed by atoms with Crippen molar-refractivity contribution in [3.63, 3.8) is 0 Å². The maximum Gasteiger partial charge on any atom is 0.0500 e. The molecule has 1 heterocycles. The molecule has 0 aliphatic rings. The molecule has 0 saturated carbocycles. The maximum absolute atomic E-state index is 5.74. The maximum atomic E-state index is 5.74. The number of rotatable bonds is 7. The average molecular weight is 349 g/mol. The van der Waals surface area contributed by atoms with E-state index in [1.165, 1.54) is 44.4 Å². The molecule has 0 radical (unpaired) electrons. The second kappa shape index (κ2) is 8.09. The second-order valence-corrected chi connectivity index (χ2v) is 7.62. The molecule has 1 aromatic heterocycles. The lowest BCUT2D eigenvalue weighted by molar-refractivity contribution is 0.738. The van der Waals surface area contributed by atoms with E-state index in [1.807, 2.05) is 0 Å². The molecule has 2 nitrogen and oxygen atoms in total. The third kappa shape index (κ3) is 3.57. The van der Waals surface area contributed by atoms with Crippen LogP contribution < -0.4 is 5.73 Å². The van der Waals surface area contributed by atoms with Crippen molar-refractivity contribution >= 4 is 10.9 Å². The Bertz CT molecular complexity index is 889. The van der Waals surface area contributed by atoms with Crippen LogP contribution in [0, 0.1) is 13.8 Å². The Morgan fingerprint density at radius 3 is 2.58 bits per heavy atom. The van der Waals surface area contributed by atoms with Crippen molar-refractivity contribution in [2.24, 2.45) is 5.73 Å². The highest BCUT2D eigenvalue weighted by molar-refractivity contribution is 5.93. The molecule has 1 unspecified atom stereocenters. The van der Waals surface area contributed by atoms with Crippen LogP contribution in [0.2, 0.25) is 0 Å². The molecule has 2 aromatic carbocycles. The standard InChI is InChI=1S/C24H32N2/c1-5-17(3)19-10-8-11-22-21(9-6-7-14-25)24(26-23(19)22)20-13-12-16(2)15-18(20)4/h8,10-13,15,17,26H,5-7,9,14,25H2,1-4H3. The molecule has 1 atom stereocenters. The van der Waals surface area contributed by atoms with Gasteiger partial charge in [-0.3, -0.25) is 0 Å². The van der Waals surface area contributed by atoms with E-state index in [0.717, 1.165) is 32.2 Å². The zero-order valence-corrected chi connectivity index (χ0v) is 16.7. The van der Waals surface area contributed by atoms with E-state index in [-0.39, 0.29) is 0 Å². The van der Waals surface area contributed by atoms with Crippen molar-refractivity contribution in [1.82, 2.24) is 4.98 Å². The second-order valence-electron chi connectivity index (χ2n) is 7.62. The van der Waals surface area contributed by atoms with Gasteiger partial charge in [-0.25, -0.2) is 0 Å². The van der Waals surface area contributed by atoms with Crippen LogP contribution in [0.5, 0.6) is 0 Å². The summed E-state index contributed by atoms with van der Waals surface area (Å²) < 4.78 is 0. The van der Waals surface area contributed by atoms with Crippen LogP contribution in [-0.2, 0) is 6.42 Å². The van der Waals surface area contributed by atoms with Gasteiger partial charge in [0.05, 0.1) is 0 Å². The van der Waals surface area contributed by atoms with Gasteiger partial charge in [0.15, 0.2) is 0 Å². The summed E-state index contributed by atoms with van der Waals surface area (Å²) in [4.78, 5) is 3.82. The number of hydrogen-bond donors (Lipinski definition) is 2. The first kappa shape index (κ1) is 18.7. The van der Waals surface area contributed by atoms with Crippen LogP contribution in [0.25, 0.3) is 22.2 Å². The first-order valence-corrected chi connectivity index (χ1v) is 9.98. The van der Waals surface area contributed by atoms with Crippen LogP contribution in [0.15, 0.2) is 36.4 Å². The minimum atomic E-state index is 0.557. The summed E-state index contributed by atoms with van der Waals surface area (Å²) in [5.74, 6) is 0.557. The molecule has 0 saturated heterocycles. The Kier molecular flexibility index (Phi) is 5.83. The number of hydrogen-bond acceptors (Lipinski definition) is 1. The number of para-hydroxylation sites is 1. The minimum Gasteiger partial charge on any atom is -0.354 e. The Labute approximate surface area is 157 Å². The number of aromatic amines is 1. The van der Waals surface area contributed by atoms with Crippen molar-refractivity contribution in [2.75, 3.05) is 6.54 Å². The zero-order valence-electron chi connectivity index (χ0n) is 16.7. The van der Waals surface area contributed by atoms with E-state index < -0.39 is 0 Å². The fourth-order valence-electron chi connectivity index (χ4n) is 3.96. The van der Waals surface area contributed by atoms with E-state index >= 15 is 0 Å². The lowest BCUT2D eigenvalue weighted by Gasteiger charge is -2.10. The number of nitrogens with two attached hydrogens (primary N) is 1. The van der Waals surface area contributed by atoms with Crippen LogP contribution in [0.1, 0.15) is 61.3 Å². The summed E-state index contributed by atoms with van der Waals surface area (Å²) in [7, 11) is 0. The Morgan fingerprint density at radius 2 is 1.88 bits per heavy atom. The quantitative estimate of drug-likeness (QED) is 0.487. The molecule has 0 bridgehead atoms. The van der Waals surface area contributed by atoms with E-state index in [9.17, 15) is 0 Å². The van der Waals surface area contributed by atoms with E-state index in [2.05, 4.69) is 69.1 Å². The zero-order chi connectivity index (χ0) is 18.7. The monoisotopic (exact) mass is 348 g/mol. The first-order valence-electron chi connectivity index (χ1n) is 9.98. The summed E-state index contributed by atoms with van der Waals surface area (Å²) in [5.41, 5.74) is 15.2. The topological polar surface area (TPSA) is 41.8 Å². The van der Waals surface area contributed by atoms with Gasteiger partial charge >= 0.3 is 0 Å². The summed E-state index contributed by atoms with van der Waals surface area (Å²) in [6.07, 6.45) is 4.43. The molecule has 0 aliphatic heterocycles. The SMILES string of the molecule is CCC(C)c1cccc2c(CCCCN)c(-c3ccc(C)cc3C)[nH]c12. The third-order valence-electron chi connectivity index (χ3n) is 5.65. The van der Waals surface area contributed by atoms with Gasteiger partial charge < -0.3 is 10.7 Å². The highest BCUT2D eigenvalue weighted by Crippen LogP contribution is 2.37. The van der Waals surface area contributed by atoms with Crippen LogP contribution >= 0.6 is 0 Å². The van der Waals surface area contributed by atoms with E-state index in [4.69, 9.17) is 5.73 Å². The van der Waals surface area contributed by atoms with Gasteiger partial charge in [0.1, 0.15) is 0 Å². The Morgan fingerprint density at radius 1 is 1.08 bits per heavy atom. The number of H-pyrrole nitrogens is 1. The molecule has 0 fully saturated rings. The highest BCUT2D eigenvalue weighted by atomic mass is 14.7. The number of benzene rings is 2. The Hall–Kier alpha value is -2.06. The predicted octanol–water partition coefficient (Wildman–Crippen LogP) is 6.25. The fourth-order valence-corrected chi connectivity index (χ4v) is 3.96. The van der Waals surface area contributed by atoms with Crippen LogP contribution in [-0.4, -0.2) is 11.5 Å². The molecule has 3 N–H and O–H groups in total. The molecular formula is C24H32N2. The van der Waals surface area contributed by atoms with E-state index in [1.54, 1.807) is 0 Å². The number of unbranched alkanes of at least 4 members (excludes halogenated alkanes) is 1. The Balaban J connectivity index is 2.21. The van der Waals surface area contributed by atoms with Gasteiger partial charge in [0.2, 0.25) is 0 Å². The number of aryl methyl sites for hydroxylation is 3. The van der Waals surface area contributed by atoms with Gasteiger partial charge in [-0.15, -0.1) is 0 Å². The summed E-state index contributed by atoms with van der Waals surface area (Å²) in [5, 5.41) is 1.38. The van der Waals surface area contributed by atoms with Crippen LogP contribution in [0.3, 0.4) is 0 Å². The lowest BCUT2D eigenvalue weighted by atomic mass is 9.94. The van der Waals surface area contributed by atoms with E-state index in [0.29, 0.717) is 5.92 Å². The number of aromatic nitrogens is 1. The third-order valence-corrected chi connectivity index (χ3v) is 5.65. The van der Waals surface area contributed by atoms with Crippen molar-refractivity contribution in [3.8, 4) is 11.3 Å². The molecule has 0 amide bonds. The fraction of sp³-hybridized carbons (Fsp3) is 0.417. The van der Waals surface area contributed by atoms with Gasteiger partial charge in [0.25, 0.3) is 0 Å². The molecule has 26 heavy (non-hydrogen) atoms. The number of nitrogens with one attached hydrogen (secondary N) is 1. The molecule has 3 rings (SSSR count). The largest absolute Gasteiger partial charge is 0.354 e. The predicted molar refractivity (Wildman–Crippen MR) is 114 cm³/mol. The molecule has 0 spiro atoms. The van der Waals surface area contributed by atoms with Gasteiger partial charge in [-0.1, -0.05) is 55.8 Å². The molecule has 2 heteroatoms. The normalized spacial score (nSPS) is 12.7. The summed E-state index contributed by atoms with van der Waals surface area (Å²) in [6.45, 7) is 9.72. The van der Waals surface area contributed by atoms with Crippen molar-refractivity contribution in [3.05, 3.63) is 58.7 Å². The van der Waals surface area contributed by atoms with Crippen molar-refractivity contribution < 1.29 is 0 Å². The first-order chi connectivity index (χ1) is 12.6. The van der Waals surface area contributed by atoms with Gasteiger partial charge in [-0.05, 0) is 68.7 Å². The van der Waals surface area contributed by atoms with Crippen molar-refractivity contribution in [1.29, 1.82) is 0 Å². The highest BCUT2D eigenvalue weighted by Gasteiger charge is 2.18. The lowest BCUT2D eigenvalue weighted by Crippen LogP contribution is -1.99. The van der Waals surface area contributed by atoms with Crippen LogP contribution in [0.4, 0.5) is 0 Å². The molecular weight excluding hydrogens is 316 g/mol. The van der Waals surface area contributed by atoms with Gasteiger partial charge in [-0.2, -0.15) is 0 Å². The molecule has 0 aliphatic carbocycles. The summed E-state index contributed by atoms with van der Waals surface area (Å²) in [6, 6.07) is 13.5. The van der Waals surface area contributed by atoms with Gasteiger partial charge in [0, 0.05) is 22.2 Å². The molecule has 3 aromatic rings. The van der Waals surface area contributed by atoms with Crippen molar-refractivity contribution in [2.45, 2.75) is 59.3 Å². The average Bonchev–Trinajstić information content (AvgIpc) is 3.00. The molecule has 138 valence electrons. The smallest absolute Gasteiger partial charge is 0.0500 e. The minimum absolute atomic E-state index is 0.557. The summed E-state index contributed by atoms with van der Waals surface area (Å²) >= 11 is 0.